The third-order valence-electron chi connectivity index (χ3n) is 2.42. The summed E-state index contributed by atoms with van der Waals surface area (Å²) < 4.78 is 6.69. The molecule has 0 aliphatic heterocycles. The molecule has 0 aliphatic carbocycles. The van der Waals surface area contributed by atoms with Gasteiger partial charge in [0.05, 0.1) is 6.04 Å². The smallest absolute Gasteiger partial charge is 0.212 e. The number of hydrogen-bond acceptors (Lipinski definition) is 3. The Morgan fingerprint density at radius 1 is 1.53 bits per heavy atom. The van der Waals surface area contributed by atoms with Gasteiger partial charge in [-0.3, -0.25) is 0 Å². The summed E-state index contributed by atoms with van der Waals surface area (Å²) in [5.41, 5.74) is 1.73. The molecule has 2 rings (SSSR count). The fraction of sp³-hybridized carbons (Fsp3) is 0.364. The van der Waals surface area contributed by atoms with E-state index in [-0.39, 0.29) is 6.04 Å². The molecular formula is C11H13BrN2O. The molecule has 1 heterocycles. The zero-order valence-electron chi connectivity index (χ0n) is 8.75. The molecule has 0 bridgehead atoms. The van der Waals surface area contributed by atoms with Crippen LogP contribution in [0.1, 0.15) is 25.3 Å². The van der Waals surface area contributed by atoms with Crippen LogP contribution in [0.4, 0.5) is 0 Å². The molecule has 1 unspecified atom stereocenters. The summed E-state index contributed by atoms with van der Waals surface area (Å²) in [6.07, 6.45) is 0.963. The van der Waals surface area contributed by atoms with Gasteiger partial charge in [0, 0.05) is 4.47 Å². The van der Waals surface area contributed by atoms with Gasteiger partial charge in [0.15, 0.2) is 5.58 Å². The quantitative estimate of drug-likeness (QED) is 0.929. The van der Waals surface area contributed by atoms with Crippen molar-refractivity contribution in [3.8, 4) is 0 Å². The van der Waals surface area contributed by atoms with Gasteiger partial charge >= 0.3 is 0 Å². The minimum absolute atomic E-state index is 0.191. The van der Waals surface area contributed by atoms with Gasteiger partial charge in [-0.05, 0) is 31.7 Å². The second kappa shape index (κ2) is 4.33. The molecule has 80 valence electrons. The minimum Gasteiger partial charge on any atom is -0.439 e. The Labute approximate surface area is 97.0 Å². The summed E-state index contributed by atoms with van der Waals surface area (Å²) in [5, 5.41) is 3.18. The number of aromatic nitrogens is 1. The molecule has 1 aromatic carbocycles. The Balaban J connectivity index is 2.46. The maximum absolute atomic E-state index is 5.67. The van der Waals surface area contributed by atoms with Gasteiger partial charge in [-0.1, -0.05) is 22.9 Å². The van der Waals surface area contributed by atoms with Crippen molar-refractivity contribution in [2.75, 3.05) is 7.05 Å². The third kappa shape index (κ3) is 2.06. The summed E-state index contributed by atoms with van der Waals surface area (Å²) in [5.74, 6) is 0.758. The predicted octanol–water partition coefficient (Wildman–Crippen LogP) is 3.26. The van der Waals surface area contributed by atoms with E-state index < -0.39 is 0 Å². The zero-order chi connectivity index (χ0) is 10.8. The summed E-state index contributed by atoms with van der Waals surface area (Å²) in [4.78, 5) is 4.46. The lowest BCUT2D eigenvalue weighted by Crippen LogP contribution is -2.15. The highest BCUT2D eigenvalue weighted by atomic mass is 79.9. The fourth-order valence-electron chi connectivity index (χ4n) is 1.57. The third-order valence-corrected chi connectivity index (χ3v) is 2.91. The van der Waals surface area contributed by atoms with Crippen molar-refractivity contribution in [2.45, 2.75) is 19.4 Å². The molecule has 0 amide bonds. The molecule has 0 spiro atoms. The highest BCUT2D eigenvalue weighted by Gasteiger charge is 2.14. The van der Waals surface area contributed by atoms with Crippen LogP contribution in [0, 0.1) is 0 Å². The van der Waals surface area contributed by atoms with E-state index >= 15 is 0 Å². The number of hydrogen-bond donors (Lipinski definition) is 1. The Hall–Kier alpha value is -0.870. The summed E-state index contributed by atoms with van der Waals surface area (Å²) >= 11 is 3.42. The van der Waals surface area contributed by atoms with E-state index in [1.165, 1.54) is 0 Å². The van der Waals surface area contributed by atoms with Crippen molar-refractivity contribution in [1.82, 2.24) is 10.3 Å². The van der Waals surface area contributed by atoms with Gasteiger partial charge in [0.1, 0.15) is 5.52 Å². The normalized spacial score (nSPS) is 13.3. The summed E-state index contributed by atoms with van der Waals surface area (Å²) in [6.45, 7) is 2.10. The van der Waals surface area contributed by atoms with Crippen molar-refractivity contribution < 1.29 is 4.42 Å². The summed E-state index contributed by atoms with van der Waals surface area (Å²) in [7, 11) is 1.92. The molecule has 0 fully saturated rings. The van der Waals surface area contributed by atoms with Gasteiger partial charge < -0.3 is 9.73 Å². The van der Waals surface area contributed by atoms with Gasteiger partial charge in [0.2, 0.25) is 5.89 Å². The van der Waals surface area contributed by atoms with Gasteiger partial charge in [-0.15, -0.1) is 0 Å². The van der Waals surface area contributed by atoms with Crippen LogP contribution >= 0.6 is 15.9 Å². The van der Waals surface area contributed by atoms with Crippen LogP contribution in [0.5, 0.6) is 0 Å². The molecule has 0 aliphatic rings. The van der Waals surface area contributed by atoms with Crippen LogP contribution in [0.3, 0.4) is 0 Å². The van der Waals surface area contributed by atoms with E-state index in [0.29, 0.717) is 0 Å². The van der Waals surface area contributed by atoms with Crippen molar-refractivity contribution in [1.29, 1.82) is 0 Å². The Bertz CT molecular complexity index is 463. The molecule has 4 heteroatoms. The molecule has 0 saturated heterocycles. The Morgan fingerprint density at radius 2 is 2.33 bits per heavy atom. The molecule has 0 radical (unpaired) electrons. The molecule has 1 atom stereocenters. The molecule has 2 aromatic rings. The lowest BCUT2D eigenvalue weighted by Gasteiger charge is -2.07. The number of fused-ring (bicyclic) bond motifs is 1. The van der Waals surface area contributed by atoms with Gasteiger partial charge in [-0.25, -0.2) is 4.98 Å². The average Bonchev–Trinajstić information content (AvgIpc) is 2.62. The summed E-state index contributed by atoms with van der Waals surface area (Å²) in [6, 6.07) is 6.04. The van der Waals surface area contributed by atoms with Crippen molar-refractivity contribution >= 4 is 27.0 Å². The van der Waals surface area contributed by atoms with Crippen LogP contribution in [0.15, 0.2) is 27.1 Å². The van der Waals surface area contributed by atoms with Crippen LogP contribution in [-0.2, 0) is 0 Å². The van der Waals surface area contributed by atoms with E-state index in [1.54, 1.807) is 0 Å². The second-order valence-corrected chi connectivity index (χ2v) is 4.33. The SMILES string of the molecule is CCC(NC)c1nc2cc(Br)ccc2o1. The molecule has 15 heavy (non-hydrogen) atoms. The lowest BCUT2D eigenvalue weighted by molar-refractivity contribution is 0.427. The molecule has 1 aromatic heterocycles. The van der Waals surface area contributed by atoms with Crippen LogP contribution in [0.25, 0.3) is 11.1 Å². The maximum Gasteiger partial charge on any atom is 0.212 e. The van der Waals surface area contributed by atoms with Gasteiger partial charge in [-0.2, -0.15) is 0 Å². The first kappa shape index (κ1) is 10.6. The van der Waals surface area contributed by atoms with Crippen molar-refractivity contribution in [3.63, 3.8) is 0 Å². The van der Waals surface area contributed by atoms with Crippen LogP contribution < -0.4 is 5.32 Å². The molecule has 3 nitrogen and oxygen atoms in total. The largest absolute Gasteiger partial charge is 0.439 e. The predicted molar refractivity (Wildman–Crippen MR) is 63.8 cm³/mol. The first-order chi connectivity index (χ1) is 7.24. The van der Waals surface area contributed by atoms with E-state index in [9.17, 15) is 0 Å². The topological polar surface area (TPSA) is 38.1 Å². The molecule has 0 saturated carbocycles. The minimum atomic E-state index is 0.191. The zero-order valence-corrected chi connectivity index (χ0v) is 10.3. The van der Waals surface area contributed by atoms with Crippen molar-refractivity contribution in [3.05, 3.63) is 28.6 Å². The molecular weight excluding hydrogens is 256 g/mol. The first-order valence-corrected chi connectivity index (χ1v) is 5.77. The van der Waals surface area contributed by atoms with E-state index in [0.717, 1.165) is 27.9 Å². The van der Waals surface area contributed by atoms with Crippen LogP contribution in [-0.4, -0.2) is 12.0 Å². The number of nitrogens with zero attached hydrogens (tertiary/aromatic N) is 1. The van der Waals surface area contributed by atoms with E-state index in [2.05, 4.69) is 33.2 Å². The maximum atomic E-state index is 5.67. The average molecular weight is 269 g/mol. The lowest BCUT2D eigenvalue weighted by atomic mass is 10.2. The Kier molecular flexibility index (Phi) is 3.07. The number of oxazole rings is 1. The standard InChI is InChI=1S/C11H13BrN2O/c1-3-8(13-2)11-14-9-6-7(12)4-5-10(9)15-11/h4-6,8,13H,3H2,1-2H3. The highest BCUT2D eigenvalue weighted by Crippen LogP contribution is 2.24. The second-order valence-electron chi connectivity index (χ2n) is 3.41. The van der Waals surface area contributed by atoms with Crippen molar-refractivity contribution in [2.24, 2.45) is 0 Å². The van der Waals surface area contributed by atoms with E-state index in [4.69, 9.17) is 4.42 Å². The number of rotatable bonds is 3. The fourth-order valence-corrected chi connectivity index (χ4v) is 1.92. The van der Waals surface area contributed by atoms with Crippen LogP contribution in [0.2, 0.25) is 0 Å². The number of benzene rings is 1. The van der Waals surface area contributed by atoms with Gasteiger partial charge in [0.25, 0.3) is 0 Å². The first-order valence-electron chi connectivity index (χ1n) is 4.98. The Morgan fingerprint density at radius 3 is 3.00 bits per heavy atom. The van der Waals surface area contributed by atoms with E-state index in [1.807, 2.05) is 25.2 Å². The molecule has 1 N–H and O–H groups in total. The highest BCUT2D eigenvalue weighted by molar-refractivity contribution is 9.10. The number of nitrogens with one attached hydrogen (secondary N) is 1. The number of halogens is 1. The monoisotopic (exact) mass is 268 g/mol.